The largest absolute Gasteiger partial charge is 0.336 e. The van der Waals surface area contributed by atoms with E-state index in [1.165, 1.54) is 6.07 Å². The third-order valence-corrected chi connectivity index (χ3v) is 6.06. The van der Waals surface area contributed by atoms with E-state index in [1.54, 1.807) is 23.2 Å². The SMILES string of the molecule is CN1CCN(C(=O)c2cccc(Nc3ncc4ccccc4n3)c2S(N)(=O)=O)CC1. The van der Waals surface area contributed by atoms with Crippen molar-refractivity contribution in [1.29, 1.82) is 0 Å². The molecule has 1 amide bonds. The van der Waals surface area contributed by atoms with Crippen LogP contribution in [0.25, 0.3) is 10.9 Å². The molecule has 0 saturated carbocycles. The summed E-state index contributed by atoms with van der Waals surface area (Å²) in [5.41, 5.74) is 0.900. The Morgan fingerprint density at radius 3 is 2.53 bits per heavy atom. The molecule has 30 heavy (non-hydrogen) atoms. The van der Waals surface area contributed by atoms with E-state index in [2.05, 4.69) is 20.2 Å². The van der Waals surface area contributed by atoms with E-state index in [9.17, 15) is 13.2 Å². The Hall–Kier alpha value is -3.08. The van der Waals surface area contributed by atoms with Crippen molar-refractivity contribution in [3.63, 3.8) is 0 Å². The fourth-order valence-corrected chi connectivity index (χ4v) is 4.33. The van der Waals surface area contributed by atoms with Gasteiger partial charge in [0.2, 0.25) is 16.0 Å². The summed E-state index contributed by atoms with van der Waals surface area (Å²) in [6.07, 6.45) is 1.64. The minimum Gasteiger partial charge on any atom is -0.336 e. The fourth-order valence-electron chi connectivity index (χ4n) is 3.44. The number of para-hydroxylation sites is 1. The Balaban J connectivity index is 1.72. The molecule has 4 rings (SSSR count). The van der Waals surface area contributed by atoms with Gasteiger partial charge in [-0.2, -0.15) is 0 Å². The monoisotopic (exact) mass is 426 g/mol. The maximum atomic E-state index is 13.1. The number of nitrogens with one attached hydrogen (secondary N) is 1. The van der Waals surface area contributed by atoms with Gasteiger partial charge in [0.15, 0.2) is 0 Å². The molecule has 2 aromatic carbocycles. The first-order valence-electron chi connectivity index (χ1n) is 9.45. The van der Waals surface area contributed by atoms with E-state index in [0.29, 0.717) is 18.6 Å². The zero-order valence-electron chi connectivity index (χ0n) is 16.4. The third-order valence-electron chi connectivity index (χ3n) is 5.06. The number of hydrogen-bond donors (Lipinski definition) is 2. The van der Waals surface area contributed by atoms with Gasteiger partial charge in [-0.05, 0) is 25.2 Å². The van der Waals surface area contributed by atoms with Crippen molar-refractivity contribution in [2.45, 2.75) is 4.90 Å². The molecule has 0 atom stereocenters. The number of anilines is 2. The Kier molecular flexibility index (Phi) is 5.37. The number of hydrogen-bond acceptors (Lipinski definition) is 7. The number of primary sulfonamides is 1. The van der Waals surface area contributed by atoms with Crippen LogP contribution in [0, 0.1) is 0 Å². The van der Waals surface area contributed by atoms with Crippen molar-refractivity contribution in [2.75, 3.05) is 38.5 Å². The molecule has 1 aliphatic rings. The minimum atomic E-state index is -4.20. The number of aromatic nitrogens is 2. The Morgan fingerprint density at radius 2 is 1.80 bits per heavy atom. The smallest absolute Gasteiger partial charge is 0.255 e. The predicted octanol–water partition coefficient (Wildman–Crippen LogP) is 1.41. The lowest BCUT2D eigenvalue weighted by Crippen LogP contribution is -2.47. The van der Waals surface area contributed by atoms with Gasteiger partial charge < -0.3 is 15.1 Å². The number of carbonyl (C=O) groups is 1. The lowest BCUT2D eigenvalue weighted by atomic mass is 10.1. The second kappa shape index (κ2) is 7.98. The van der Waals surface area contributed by atoms with E-state index >= 15 is 0 Å². The molecule has 0 bridgehead atoms. The molecule has 10 heteroatoms. The van der Waals surface area contributed by atoms with Crippen LogP contribution in [0.15, 0.2) is 53.6 Å². The number of piperazine rings is 1. The number of likely N-dealkylation sites (N-methyl/N-ethyl adjacent to an activating group) is 1. The molecular weight excluding hydrogens is 404 g/mol. The second-order valence-corrected chi connectivity index (χ2v) is 8.70. The van der Waals surface area contributed by atoms with Crippen molar-refractivity contribution in [1.82, 2.24) is 19.8 Å². The van der Waals surface area contributed by atoms with Crippen LogP contribution in [-0.2, 0) is 10.0 Å². The van der Waals surface area contributed by atoms with Crippen LogP contribution in [0.3, 0.4) is 0 Å². The highest BCUT2D eigenvalue weighted by atomic mass is 32.2. The number of rotatable bonds is 4. The first-order chi connectivity index (χ1) is 14.3. The highest BCUT2D eigenvalue weighted by molar-refractivity contribution is 7.89. The normalized spacial score (nSPS) is 15.3. The number of fused-ring (bicyclic) bond motifs is 1. The van der Waals surface area contributed by atoms with Gasteiger partial charge in [0.25, 0.3) is 5.91 Å². The number of amides is 1. The number of benzene rings is 2. The summed E-state index contributed by atoms with van der Waals surface area (Å²) in [6, 6.07) is 12.1. The number of carbonyl (C=O) groups excluding carboxylic acids is 1. The topological polar surface area (TPSA) is 122 Å². The van der Waals surface area contributed by atoms with Crippen LogP contribution in [0.2, 0.25) is 0 Å². The maximum absolute atomic E-state index is 13.1. The zero-order valence-corrected chi connectivity index (χ0v) is 17.3. The van der Waals surface area contributed by atoms with Gasteiger partial charge >= 0.3 is 0 Å². The quantitative estimate of drug-likeness (QED) is 0.647. The second-order valence-electron chi connectivity index (χ2n) is 7.20. The molecule has 2 heterocycles. The fraction of sp³-hybridized carbons (Fsp3) is 0.250. The molecule has 1 saturated heterocycles. The summed E-state index contributed by atoms with van der Waals surface area (Å²) in [6.45, 7) is 2.48. The molecule has 9 nitrogen and oxygen atoms in total. The summed E-state index contributed by atoms with van der Waals surface area (Å²) >= 11 is 0. The molecule has 156 valence electrons. The van der Waals surface area contributed by atoms with Crippen molar-refractivity contribution in [3.05, 3.63) is 54.2 Å². The number of nitrogens with zero attached hydrogens (tertiary/aromatic N) is 4. The molecule has 0 spiro atoms. The number of nitrogens with two attached hydrogens (primary N) is 1. The van der Waals surface area contributed by atoms with E-state index in [-0.39, 0.29) is 28.0 Å². The van der Waals surface area contributed by atoms with Gasteiger partial charge in [0.05, 0.1) is 16.8 Å². The van der Waals surface area contributed by atoms with Crippen LogP contribution >= 0.6 is 0 Å². The van der Waals surface area contributed by atoms with Gasteiger partial charge in [-0.15, -0.1) is 0 Å². The van der Waals surface area contributed by atoms with E-state index in [4.69, 9.17) is 5.14 Å². The third kappa shape index (κ3) is 4.11. The molecule has 1 aromatic heterocycles. The average molecular weight is 427 g/mol. The summed E-state index contributed by atoms with van der Waals surface area (Å²) in [5, 5.41) is 9.28. The summed E-state index contributed by atoms with van der Waals surface area (Å²) in [4.78, 5) is 25.2. The molecule has 1 fully saturated rings. The molecule has 0 radical (unpaired) electrons. The van der Waals surface area contributed by atoms with Crippen LogP contribution in [0.5, 0.6) is 0 Å². The summed E-state index contributed by atoms with van der Waals surface area (Å²) in [7, 11) is -2.22. The molecule has 3 N–H and O–H groups in total. The molecule has 0 unspecified atom stereocenters. The van der Waals surface area contributed by atoms with Crippen molar-refractivity contribution in [3.8, 4) is 0 Å². The zero-order chi connectivity index (χ0) is 21.3. The van der Waals surface area contributed by atoms with E-state index < -0.39 is 10.0 Å². The van der Waals surface area contributed by atoms with Gasteiger partial charge in [-0.3, -0.25) is 4.79 Å². The maximum Gasteiger partial charge on any atom is 0.255 e. The van der Waals surface area contributed by atoms with Crippen molar-refractivity contribution >= 4 is 38.5 Å². The Labute approximate surface area is 174 Å². The van der Waals surface area contributed by atoms with Crippen molar-refractivity contribution in [2.24, 2.45) is 5.14 Å². The van der Waals surface area contributed by atoms with Crippen LogP contribution in [0.4, 0.5) is 11.6 Å². The Bertz CT molecular complexity index is 1210. The highest BCUT2D eigenvalue weighted by Gasteiger charge is 2.28. The van der Waals surface area contributed by atoms with E-state index in [0.717, 1.165) is 18.5 Å². The average Bonchev–Trinajstić information content (AvgIpc) is 2.73. The lowest BCUT2D eigenvalue weighted by molar-refractivity contribution is 0.0660. The first-order valence-corrected chi connectivity index (χ1v) is 11.0. The summed E-state index contributed by atoms with van der Waals surface area (Å²) < 4.78 is 24.9. The minimum absolute atomic E-state index is 0.0350. The van der Waals surface area contributed by atoms with Gasteiger partial charge in [-0.25, -0.2) is 23.5 Å². The molecule has 3 aromatic rings. The van der Waals surface area contributed by atoms with Gasteiger partial charge in [0.1, 0.15) is 4.90 Å². The molecule has 0 aliphatic carbocycles. The Morgan fingerprint density at radius 1 is 1.07 bits per heavy atom. The first kappa shape index (κ1) is 20.2. The number of sulfonamides is 1. The van der Waals surface area contributed by atoms with Crippen LogP contribution < -0.4 is 10.5 Å². The van der Waals surface area contributed by atoms with Crippen LogP contribution in [0.1, 0.15) is 10.4 Å². The highest BCUT2D eigenvalue weighted by Crippen LogP contribution is 2.28. The molecular formula is C20H22N6O3S. The standard InChI is InChI=1S/C20H22N6O3S/c1-25-9-11-26(12-10-25)19(27)15-6-4-8-17(18(15)30(21,28)29)24-20-22-13-14-5-2-3-7-16(14)23-20/h2-8,13H,9-12H2,1H3,(H2,21,28,29)(H,22,23,24). The summed E-state index contributed by atoms with van der Waals surface area (Å²) in [5.74, 6) is -0.155. The van der Waals surface area contributed by atoms with Crippen molar-refractivity contribution < 1.29 is 13.2 Å². The van der Waals surface area contributed by atoms with Gasteiger partial charge in [0, 0.05) is 37.8 Å². The van der Waals surface area contributed by atoms with Crippen LogP contribution in [-0.4, -0.2) is 67.3 Å². The van der Waals surface area contributed by atoms with E-state index in [1.807, 2.05) is 31.3 Å². The lowest BCUT2D eigenvalue weighted by Gasteiger charge is -2.32. The molecule has 1 aliphatic heterocycles. The van der Waals surface area contributed by atoms with Gasteiger partial charge in [-0.1, -0.05) is 24.3 Å². The predicted molar refractivity (Wildman–Crippen MR) is 114 cm³/mol.